The van der Waals surface area contributed by atoms with Crippen LogP contribution in [0, 0.1) is 0 Å². The predicted molar refractivity (Wildman–Crippen MR) is 90.3 cm³/mol. The molecule has 126 valence electrons. The van der Waals surface area contributed by atoms with Gasteiger partial charge in [0.05, 0.1) is 5.56 Å². The van der Waals surface area contributed by atoms with Crippen molar-refractivity contribution in [3.05, 3.63) is 72.3 Å². The number of aromatic nitrogens is 1. The first-order valence-electron chi connectivity index (χ1n) is 7.55. The molecule has 6 nitrogen and oxygen atoms in total. The van der Waals surface area contributed by atoms with Gasteiger partial charge in [-0.1, -0.05) is 12.7 Å². The van der Waals surface area contributed by atoms with E-state index in [1.165, 1.54) is 6.08 Å². The molecule has 0 radical (unpaired) electrons. The molecule has 1 aliphatic heterocycles. The lowest BCUT2D eigenvalue weighted by atomic mass is 10.1. The molecule has 25 heavy (non-hydrogen) atoms. The molecule has 0 atom stereocenters. The van der Waals surface area contributed by atoms with Gasteiger partial charge in [0, 0.05) is 18.5 Å². The van der Waals surface area contributed by atoms with E-state index in [0.29, 0.717) is 17.1 Å². The third kappa shape index (κ3) is 3.92. The van der Waals surface area contributed by atoms with E-state index >= 15 is 0 Å². The number of pyridine rings is 1. The second-order valence-electron chi connectivity index (χ2n) is 5.14. The fraction of sp³-hybridized carbons (Fsp3) is 0.105. The van der Waals surface area contributed by atoms with E-state index in [4.69, 9.17) is 14.2 Å². The van der Waals surface area contributed by atoms with Crippen molar-refractivity contribution >= 4 is 17.8 Å². The summed E-state index contributed by atoms with van der Waals surface area (Å²) in [6, 6.07) is 8.33. The molecule has 0 saturated heterocycles. The average molecular weight is 337 g/mol. The normalized spacial score (nSPS) is 13.9. The Kier molecular flexibility index (Phi) is 4.89. The highest BCUT2D eigenvalue weighted by atomic mass is 16.6. The van der Waals surface area contributed by atoms with Crippen LogP contribution in [0.1, 0.15) is 15.9 Å². The number of hydrogen-bond donors (Lipinski definition) is 0. The molecule has 0 unspecified atom stereocenters. The summed E-state index contributed by atoms with van der Waals surface area (Å²) < 4.78 is 15.8. The summed E-state index contributed by atoms with van der Waals surface area (Å²) in [6.07, 6.45) is 6.40. The lowest BCUT2D eigenvalue weighted by Crippen LogP contribution is -2.14. The molecule has 6 heteroatoms. The highest BCUT2D eigenvalue weighted by Crippen LogP contribution is 2.34. The number of allylic oxidation sites excluding steroid dienone is 1. The number of esters is 1. The van der Waals surface area contributed by atoms with Gasteiger partial charge in [0.15, 0.2) is 12.4 Å². The van der Waals surface area contributed by atoms with Crippen molar-refractivity contribution in [1.82, 2.24) is 4.98 Å². The highest BCUT2D eigenvalue weighted by molar-refractivity contribution is 6.14. The predicted octanol–water partition coefficient (Wildman–Crippen LogP) is 2.81. The quantitative estimate of drug-likeness (QED) is 0.458. The van der Waals surface area contributed by atoms with E-state index in [1.54, 1.807) is 48.8 Å². The number of carbonyl (C=O) groups excluding carboxylic acids is 2. The Hall–Kier alpha value is -3.41. The molecule has 0 bridgehead atoms. The lowest BCUT2D eigenvalue weighted by Gasteiger charge is -2.06. The van der Waals surface area contributed by atoms with Gasteiger partial charge >= 0.3 is 5.97 Å². The van der Waals surface area contributed by atoms with Crippen LogP contribution in [0.3, 0.4) is 0 Å². The van der Waals surface area contributed by atoms with Crippen molar-refractivity contribution in [2.45, 2.75) is 0 Å². The van der Waals surface area contributed by atoms with Crippen LogP contribution in [0.2, 0.25) is 0 Å². The van der Waals surface area contributed by atoms with Crippen molar-refractivity contribution in [3.63, 3.8) is 0 Å². The maximum absolute atomic E-state index is 12.4. The van der Waals surface area contributed by atoms with Gasteiger partial charge in [-0.3, -0.25) is 9.78 Å². The third-order valence-electron chi connectivity index (χ3n) is 3.36. The molecule has 1 aromatic carbocycles. The van der Waals surface area contributed by atoms with E-state index in [0.717, 1.165) is 5.56 Å². The van der Waals surface area contributed by atoms with Crippen LogP contribution >= 0.6 is 0 Å². The van der Waals surface area contributed by atoms with Crippen LogP contribution in [0.4, 0.5) is 0 Å². The van der Waals surface area contributed by atoms with E-state index in [-0.39, 0.29) is 24.8 Å². The van der Waals surface area contributed by atoms with Gasteiger partial charge in [0.2, 0.25) is 5.78 Å². The number of benzene rings is 1. The van der Waals surface area contributed by atoms with Crippen molar-refractivity contribution in [2.24, 2.45) is 0 Å². The number of hydrogen-bond acceptors (Lipinski definition) is 6. The summed E-state index contributed by atoms with van der Waals surface area (Å²) in [7, 11) is 0. The SMILES string of the molecule is C=CCOC(=O)COc1ccc2c(c1)O/C(=C\c1ccncc1)C2=O. The van der Waals surface area contributed by atoms with Gasteiger partial charge in [-0.25, -0.2) is 4.79 Å². The second-order valence-corrected chi connectivity index (χ2v) is 5.14. The van der Waals surface area contributed by atoms with E-state index < -0.39 is 5.97 Å². The van der Waals surface area contributed by atoms with Crippen molar-refractivity contribution in [3.8, 4) is 11.5 Å². The molecule has 0 saturated carbocycles. The molecule has 0 fully saturated rings. The first-order chi connectivity index (χ1) is 12.2. The van der Waals surface area contributed by atoms with Crippen molar-refractivity contribution in [2.75, 3.05) is 13.2 Å². The molecule has 0 spiro atoms. The van der Waals surface area contributed by atoms with Gasteiger partial charge in [-0.05, 0) is 35.9 Å². The molecule has 3 rings (SSSR count). The maximum Gasteiger partial charge on any atom is 0.344 e. The molecule has 0 amide bonds. The number of ketones is 1. The Bertz CT molecular complexity index is 842. The maximum atomic E-state index is 12.4. The standard InChI is InChI=1S/C19H15NO5/c1-2-9-23-18(21)12-24-14-3-4-15-16(11-14)25-17(19(15)22)10-13-5-7-20-8-6-13/h2-8,10-11H,1,9,12H2/b17-10-. The Balaban J connectivity index is 1.70. The summed E-state index contributed by atoms with van der Waals surface area (Å²) in [6.45, 7) is 3.36. The van der Waals surface area contributed by atoms with Gasteiger partial charge in [0.1, 0.15) is 18.1 Å². The minimum Gasteiger partial charge on any atom is -0.482 e. The van der Waals surface area contributed by atoms with Gasteiger partial charge in [0.25, 0.3) is 0 Å². The fourth-order valence-electron chi connectivity index (χ4n) is 2.20. The first-order valence-corrected chi connectivity index (χ1v) is 7.55. The molecule has 2 aromatic rings. The Morgan fingerprint density at radius 2 is 2.04 bits per heavy atom. The summed E-state index contributed by atoms with van der Waals surface area (Å²) >= 11 is 0. The van der Waals surface area contributed by atoms with Crippen LogP contribution in [-0.4, -0.2) is 30.0 Å². The van der Waals surface area contributed by atoms with Crippen LogP contribution in [-0.2, 0) is 9.53 Å². The molecular formula is C19H15NO5. The summed E-state index contributed by atoms with van der Waals surface area (Å²) in [5.41, 5.74) is 1.26. The van der Waals surface area contributed by atoms with E-state index in [1.807, 2.05) is 0 Å². The highest BCUT2D eigenvalue weighted by Gasteiger charge is 2.27. The molecule has 1 aromatic heterocycles. The van der Waals surface area contributed by atoms with Crippen LogP contribution < -0.4 is 9.47 Å². The first kappa shape index (κ1) is 16.4. The van der Waals surface area contributed by atoms with Crippen LogP contribution in [0.15, 0.2) is 61.1 Å². The topological polar surface area (TPSA) is 74.7 Å². The second kappa shape index (κ2) is 7.44. The number of nitrogens with zero attached hydrogens (tertiary/aromatic N) is 1. The smallest absolute Gasteiger partial charge is 0.344 e. The van der Waals surface area contributed by atoms with Crippen LogP contribution in [0.5, 0.6) is 11.5 Å². The largest absolute Gasteiger partial charge is 0.482 e. The fourth-order valence-corrected chi connectivity index (χ4v) is 2.20. The lowest BCUT2D eigenvalue weighted by molar-refractivity contribution is -0.144. The Morgan fingerprint density at radius 3 is 2.80 bits per heavy atom. The summed E-state index contributed by atoms with van der Waals surface area (Å²) in [5, 5.41) is 0. The molecule has 2 heterocycles. The zero-order valence-corrected chi connectivity index (χ0v) is 13.3. The minimum atomic E-state index is -0.504. The zero-order valence-electron chi connectivity index (χ0n) is 13.3. The molecular weight excluding hydrogens is 322 g/mol. The Labute approximate surface area is 144 Å². The minimum absolute atomic E-state index is 0.132. The van der Waals surface area contributed by atoms with E-state index in [2.05, 4.69) is 11.6 Å². The molecule has 0 aliphatic carbocycles. The summed E-state index contributed by atoms with van der Waals surface area (Å²) in [5.74, 6) is 0.317. The number of rotatable bonds is 6. The third-order valence-corrected chi connectivity index (χ3v) is 3.36. The Morgan fingerprint density at radius 1 is 1.24 bits per heavy atom. The van der Waals surface area contributed by atoms with Gasteiger partial charge < -0.3 is 14.2 Å². The number of ether oxygens (including phenoxy) is 3. The van der Waals surface area contributed by atoms with Gasteiger partial charge in [-0.15, -0.1) is 0 Å². The van der Waals surface area contributed by atoms with E-state index in [9.17, 15) is 9.59 Å². The summed E-state index contributed by atoms with van der Waals surface area (Å²) in [4.78, 5) is 27.7. The molecule has 1 aliphatic rings. The van der Waals surface area contributed by atoms with Crippen molar-refractivity contribution in [1.29, 1.82) is 0 Å². The van der Waals surface area contributed by atoms with Gasteiger partial charge in [-0.2, -0.15) is 0 Å². The number of fused-ring (bicyclic) bond motifs is 1. The average Bonchev–Trinajstić information content (AvgIpc) is 2.94. The number of carbonyl (C=O) groups is 2. The number of Topliss-reactive ketones (excluding diaryl/α,β-unsaturated/α-hetero) is 1. The van der Waals surface area contributed by atoms with Crippen molar-refractivity contribution < 1.29 is 23.8 Å². The zero-order chi connectivity index (χ0) is 17.6. The molecule has 0 N–H and O–H groups in total. The van der Waals surface area contributed by atoms with Crippen LogP contribution in [0.25, 0.3) is 6.08 Å². The monoisotopic (exact) mass is 337 g/mol.